The second-order valence-corrected chi connectivity index (χ2v) is 7.22. The monoisotopic (exact) mass is 467 g/mol. The molecule has 0 saturated carbocycles. The molecule has 10 nitrogen and oxygen atoms in total. The molecule has 0 saturated heterocycles. The minimum absolute atomic E-state index is 0.134. The summed E-state index contributed by atoms with van der Waals surface area (Å²) in [7, 11) is 2.81. The van der Waals surface area contributed by atoms with Crippen LogP contribution in [0.4, 0.5) is 4.79 Å². The van der Waals surface area contributed by atoms with Gasteiger partial charge in [0, 0.05) is 12.6 Å². The summed E-state index contributed by atoms with van der Waals surface area (Å²) in [6, 6.07) is 12.2. The second kappa shape index (κ2) is 11.0. The molecule has 0 spiro atoms. The molecular formula is C24H25N3O7. The number of methoxy groups -OCH3 is 1. The fraction of sp³-hybridized carbons (Fsp3) is 0.250. The first kappa shape index (κ1) is 24.3. The molecule has 10 heteroatoms. The summed E-state index contributed by atoms with van der Waals surface area (Å²) in [5, 5.41) is 8.31. The molecule has 0 aliphatic carbocycles. The highest BCUT2D eigenvalue weighted by molar-refractivity contribution is 5.99. The zero-order valence-corrected chi connectivity index (χ0v) is 19.2. The Balaban J connectivity index is 1.78. The van der Waals surface area contributed by atoms with E-state index >= 15 is 0 Å². The molecule has 1 aromatic heterocycles. The maximum absolute atomic E-state index is 12.9. The number of hydrogen-bond donors (Lipinski definition) is 2. The van der Waals surface area contributed by atoms with Crippen LogP contribution in [0.3, 0.4) is 0 Å². The number of esters is 1. The van der Waals surface area contributed by atoms with E-state index < -0.39 is 24.0 Å². The Morgan fingerprint density at radius 1 is 1.06 bits per heavy atom. The summed E-state index contributed by atoms with van der Waals surface area (Å²) in [6.07, 6.45) is -1.34. The van der Waals surface area contributed by atoms with Gasteiger partial charge in [0.2, 0.25) is 6.10 Å². The van der Waals surface area contributed by atoms with Crippen LogP contribution in [0.2, 0.25) is 0 Å². The Morgan fingerprint density at radius 3 is 2.41 bits per heavy atom. The Hall–Kier alpha value is -4.34. The van der Waals surface area contributed by atoms with Gasteiger partial charge in [0.05, 0.1) is 23.9 Å². The van der Waals surface area contributed by atoms with Crippen LogP contribution in [0.25, 0.3) is 0 Å². The highest BCUT2D eigenvalue weighted by Crippen LogP contribution is 2.30. The van der Waals surface area contributed by atoms with Gasteiger partial charge >= 0.3 is 12.0 Å². The number of hydrogen-bond acceptors (Lipinski definition) is 8. The van der Waals surface area contributed by atoms with Crippen molar-refractivity contribution in [2.24, 2.45) is 0 Å². The molecule has 0 fully saturated rings. The zero-order chi connectivity index (χ0) is 24.7. The number of amides is 3. The van der Waals surface area contributed by atoms with Crippen molar-refractivity contribution < 1.29 is 33.1 Å². The Labute approximate surface area is 196 Å². The Bertz CT molecular complexity index is 1160. The van der Waals surface area contributed by atoms with Gasteiger partial charge in [-0.3, -0.25) is 10.1 Å². The van der Waals surface area contributed by atoms with Crippen molar-refractivity contribution in [1.29, 1.82) is 0 Å². The van der Waals surface area contributed by atoms with Gasteiger partial charge in [0.1, 0.15) is 12.4 Å². The summed E-state index contributed by atoms with van der Waals surface area (Å²) in [5.74, 6) is -0.219. The van der Waals surface area contributed by atoms with Crippen LogP contribution in [0.1, 0.15) is 39.0 Å². The van der Waals surface area contributed by atoms with Crippen LogP contribution in [0, 0.1) is 13.8 Å². The molecule has 3 rings (SSSR count). The van der Waals surface area contributed by atoms with Gasteiger partial charge in [0.25, 0.3) is 5.91 Å². The fourth-order valence-electron chi connectivity index (χ4n) is 3.09. The van der Waals surface area contributed by atoms with E-state index in [9.17, 15) is 14.4 Å². The van der Waals surface area contributed by atoms with Crippen LogP contribution < -0.4 is 20.1 Å². The summed E-state index contributed by atoms with van der Waals surface area (Å²) in [4.78, 5) is 37.1. The van der Waals surface area contributed by atoms with Gasteiger partial charge in [-0.15, -0.1) is 0 Å². The molecule has 3 aromatic rings. The smallest absolute Gasteiger partial charge is 0.339 e. The number of nitrogens with one attached hydrogen (secondary N) is 2. The predicted molar refractivity (Wildman–Crippen MR) is 120 cm³/mol. The van der Waals surface area contributed by atoms with Gasteiger partial charge < -0.3 is 24.1 Å². The minimum Gasteiger partial charge on any atom is -0.493 e. The third kappa shape index (κ3) is 5.71. The second-order valence-electron chi connectivity index (χ2n) is 7.22. The number of nitrogens with zero attached hydrogens (tertiary/aromatic N) is 1. The number of rotatable bonds is 8. The number of aryl methyl sites for hydroxylation is 2. The molecule has 0 aliphatic heterocycles. The SMILES string of the molecule is CNC(=O)NC(=O)C(OC(=O)c1ccc(OCc2c(C)noc2C)c(OC)c1)c1ccccc1. The molecule has 1 heterocycles. The number of ether oxygens (including phenoxy) is 3. The number of aromatic nitrogens is 1. The maximum Gasteiger partial charge on any atom is 0.339 e. The van der Waals surface area contributed by atoms with E-state index in [2.05, 4.69) is 15.8 Å². The summed E-state index contributed by atoms with van der Waals surface area (Å²) >= 11 is 0. The van der Waals surface area contributed by atoms with E-state index in [4.69, 9.17) is 18.7 Å². The van der Waals surface area contributed by atoms with Crippen molar-refractivity contribution in [1.82, 2.24) is 15.8 Å². The normalized spacial score (nSPS) is 11.3. The van der Waals surface area contributed by atoms with Crippen LogP contribution in [0.5, 0.6) is 11.5 Å². The molecule has 2 aromatic carbocycles. The topological polar surface area (TPSA) is 129 Å². The van der Waals surface area contributed by atoms with E-state index in [-0.39, 0.29) is 12.2 Å². The molecule has 1 unspecified atom stereocenters. The lowest BCUT2D eigenvalue weighted by atomic mass is 10.1. The van der Waals surface area contributed by atoms with Crippen molar-refractivity contribution >= 4 is 17.9 Å². The average Bonchev–Trinajstić information content (AvgIpc) is 3.18. The van der Waals surface area contributed by atoms with Gasteiger partial charge in [-0.05, 0) is 32.0 Å². The van der Waals surface area contributed by atoms with Crippen LogP contribution in [0.15, 0.2) is 53.1 Å². The lowest BCUT2D eigenvalue weighted by molar-refractivity contribution is -0.129. The lowest BCUT2D eigenvalue weighted by Gasteiger charge is -2.18. The number of urea groups is 1. The van der Waals surface area contributed by atoms with E-state index in [1.165, 1.54) is 26.3 Å². The van der Waals surface area contributed by atoms with Crippen LogP contribution in [-0.2, 0) is 16.1 Å². The Kier molecular flexibility index (Phi) is 7.86. The standard InChI is InChI=1S/C24H25N3O7/c1-14-18(15(2)34-27-14)13-32-19-11-10-17(12-20(19)31-4)23(29)33-21(16-8-6-5-7-9-16)22(28)26-24(30)25-3/h5-12,21H,13H2,1-4H3,(H2,25,26,28,30). The number of carbonyl (C=O) groups is 3. The molecular weight excluding hydrogens is 442 g/mol. The highest BCUT2D eigenvalue weighted by atomic mass is 16.5. The van der Waals surface area contributed by atoms with Crippen molar-refractivity contribution in [3.05, 3.63) is 76.7 Å². The number of benzene rings is 2. The van der Waals surface area contributed by atoms with Crippen molar-refractivity contribution in [2.75, 3.05) is 14.2 Å². The number of imide groups is 1. The molecule has 3 amide bonds. The van der Waals surface area contributed by atoms with Crippen molar-refractivity contribution in [3.8, 4) is 11.5 Å². The van der Waals surface area contributed by atoms with Gasteiger partial charge in [-0.25, -0.2) is 9.59 Å². The van der Waals surface area contributed by atoms with Crippen LogP contribution >= 0.6 is 0 Å². The Morgan fingerprint density at radius 2 is 1.79 bits per heavy atom. The quantitative estimate of drug-likeness (QED) is 0.483. The highest BCUT2D eigenvalue weighted by Gasteiger charge is 2.27. The summed E-state index contributed by atoms with van der Waals surface area (Å²) < 4.78 is 21.8. The average molecular weight is 467 g/mol. The van der Waals surface area contributed by atoms with Crippen molar-refractivity contribution in [3.63, 3.8) is 0 Å². The number of carbonyl (C=O) groups excluding carboxylic acids is 3. The third-order valence-electron chi connectivity index (χ3n) is 4.98. The molecule has 0 aliphatic rings. The van der Waals surface area contributed by atoms with Crippen molar-refractivity contribution in [2.45, 2.75) is 26.6 Å². The molecule has 178 valence electrons. The first-order chi connectivity index (χ1) is 16.3. The first-order valence-corrected chi connectivity index (χ1v) is 10.3. The maximum atomic E-state index is 12.9. The van der Waals surface area contributed by atoms with Gasteiger partial charge in [0.15, 0.2) is 11.5 Å². The zero-order valence-electron chi connectivity index (χ0n) is 19.2. The molecule has 1 atom stereocenters. The fourth-order valence-corrected chi connectivity index (χ4v) is 3.09. The van der Waals surface area contributed by atoms with Gasteiger partial charge in [-0.1, -0.05) is 35.5 Å². The molecule has 0 radical (unpaired) electrons. The molecule has 0 bridgehead atoms. The van der Waals surface area contributed by atoms with Crippen LogP contribution in [-0.4, -0.2) is 37.2 Å². The van der Waals surface area contributed by atoms with E-state index in [0.29, 0.717) is 22.8 Å². The van der Waals surface area contributed by atoms with E-state index in [1.807, 2.05) is 6.92 Å². The first-order valence-electron chi connectivity index (χ1n) is 10.3. The predicted octanol–water partition coefficient (Wildman–Crippen LogP) is 3.23. The summed E-state index contributed by atoms with van der Waals surface area (Å²) in [5.41, 5.74) is 2.08. The third-order valence-corrected chi connectivity index (χ3v) is 4.98. The van der Waals surface area contributed by atoms with Gasteiger partial charge in [-0.2, -0.15) is 0 Å². The molecule has 2 N–H and O–H groups in total. The summed E-state index contributed by atoms with van der Waals surface area (Å²) in [6.45, 7) is 3.81. The largest absolute Gasteiger partial charge is 0.493 e. The van der Waals surface area contributed by atoms with E-state index in [0.717, 1.165) is 11.3 Å². The van der Waals surface area contributed by atoms with E-state index in [1.54, 1.807) is 43.3 Å². The lowest BCUT2D eigenvalue weighted by Crippen LogP contribution is -2.41. The minimum atomic E-state index is -1.34. The molecule has 34 heavy (non-hydrogen) atoms.